The molecule has 122 heavy (non-hydrogen) atoms. The van der Waals surface area contributed by atoms with Crippen LogP contribution >= 0.6 is 0 Å². The van der Waals surface area contributed by atoms with Crippen molar-refractivity contribution in [3.05, 3.63) is 405 Å². The van der Waals surface area contributed by atoms with Crippen molar-refractivity contribution in [3.8, 4) is 22.3 Å². The van der Waals surface area contributed by atoms with Crippen LogP contribution in [-0.4, -0.2) is 0 Å². The van der Waals surface area contributed by atoms with Crippen LogP contribution in [0.3, 0.4) is 0 Å². The molecule has 0 heterocycles. The minimum Gasteiger partial charge on any atom is -0.310 e. The largest absolute Gasteiger partial charge is 0.310 e. The average molecular weight is 1600 g/mol. The van der Waals surface area contributed by atoms with E-state index in [1.807, 2.05) is 0 Å². The lowest BCUT2D eigenvalue weighted by Crippen LogP contribution is -2.50. The molecule has 4 heteroatoms. The van der Waals surface area contributed by atoms with Crippen molar-refractivity contribution in [3.63, 3.8) is 0 Å². The van der Waals surface area contributed by atoms with Gasteiger partial charge in [-0.25, -0.2) is 0 Å². The van der Waals surface area contributed by atoms with E-state index in [1.54, 1.807) is 0 Å². The van der Waals surface area contributed by atoms with E-state index in [-0.39, 0.29) is 43.3 Å². The third kappa shape index (κ3) is 15.3. The topological polar surface area (TPSA) is 13.0 Å². The van der Waals surface area contributed by atoms with Gasteiger partial charge in [-0.1, -0.05) is 348 Å². The Bertz CT molecular complexity index is 5160. The number of benzene rings is 14. The first-order valence-corrected chi connectivity index (χ1v) is 44.3. The number of rotatable bonds is 15. The molecule has 14 aromatic rings. The molecule has 0 saturated carbocycles. The van der Waals surface area contributed by atoms with Gasteiger partial charge in [0.15, 0.2) is 0 Å². The molecule has 2 aliphatic carbocycles. The highest BCUT2D eigenvalue weighted by molar-refractivity contribution is 5.98. The third-order valence-corrected chi connectivity index (χ3v) is 26.2. The number of fused-ring (bicyclic) bond motifs is 6. The molecule has 0 saturated heterocycles. The van der Waals surface area contributed by atoms with E-state index in [2.05, 4.69) is 513 Å². The summed E-state index contributed by atoms with van der Waals surface area (Å²) in [5.74, 6) is 0. The average Bonchev–Trinajstić information content (AvgIpc) is 1.47. The summed E-state index contributed by atoms with van der Waals surface area (Å²) in [5, 5.41) is 0. The zero-order valence-corrected chi connectivity index (χ0v) is 77.0. The molecule has 0 radical (unpaired) electrons. The first-order valence-electron chi connectivity index (χ1n) is 44.3. The minimum atomic E-state index is -1.15. The molecule has 0 atom stereocenters. The van der Waals surface area contributed by atoms with Gasteiger partial charge in [0.1, 0.15) is 0 Å². The second-order valence-electron chi connectivity index (χ2n) is 42.9. The molecule has 0 amide bonds. The lowest BCUT2D eigenvalue weighted by Gasteiger charge is -2.51. The standard InChI is InChI=1S/C118H126N4/c1-109(2,3)79-35-51-89(52-36-79)119(90-53-37-80(38-54-90)110(4,5)6)97-67-71-101-102-72-68-98(120(91-55-39-81(40-56-91)111(7,8)9)92-57-41-82(42-58-92)112(10,11)12)76-106(102)117(105(101)75-97,87-31-27-25-28-32-87)118(88-33-29-26-30-34-88)107-77-99(121(93-59-43-83(44-60-93)113(13,14)15)94-61-45-84(46-62-94)114(16,17)18)69-73-103(107)104-74-70-100(78-108(104)118)122(95-63-47-85(48-64-95)115(19,20)21)96-65-49-86(50-66-96)116(22,23)24/h25-78H,1-24H3. The van der Waals surface area contributed by atoms with E-state index in [1.165, 1.54) is 100 Å². The van der Waals surface area contributed by atoms with Crippen molar-refractivity contribution in [2.75, 3.05) is 19.6 Å². The van der Waals surface area contributed by atoms with Gasteiger partial charge in [-0.2, -0.15) is 0 Å². The first-order chi connectivity index (χ1) is 57.5. The Hall–Kier alpha value is -11.7. The number of nitrogens with zero attached hydrogens (tertiary/aromatic N) is 4. The van der Waals surface area contributed by atoms with Crippen LogP contribution in [0.4, 0.5) is 68.2 Å². The van der Waals surface area contributed by atoms with Crippen molar-refractivity contribution < 1.29 is 0 Å². The molecule has 16 rings (SSSR count). The van der Waals surface area contributed by atoms with Crippen LogP contribution in [0, 0.1) is 0 Å². The zero-order valence-electron chi connectivity index (χ0n) is 77.0. The fraction of sp³-hybridized carbons (Fsp3) is 0.288. The predicted molar refractivity (Wildman–Crippen MR) is 525 cm³/mol. The summed E-state index contributed by atoms with van der Waals surface area (Å²) in [6, 6.07) is 129. The quantitative estimate of drug-likeness (QED) is 0.101. The van der Waals surface area contributed by atoms with Gasteiger partial charge in [-0.3, -0.25) is 0 Å². The van der Waals surface area contributed by atoms with Gasteiger partial charge >= 0.3 is 0 Å². The second-order valence-corrected chi connectivity index (χ2v) is 42.9. The number of anilines is 12. The molecule has 0 unspecified atom stereocenters. The molecule has 618 valence electrons. The van der Waals surface area contributed by atoms with Gasteiger partial charge in [-0.15, -0.1) is 0 Å². The summed E-state index contributed by atoms with van der Waals surface area (Å²) >= 11 is 0. The predicted octanol–water partition coefficient (Wildman–Crippen LogP) is 33.3. The van der Waals surface area contributed by atoms with E-state index in [0.29, 0.717) is 0 Å². The van der Waals surface area contributed by atoms with E-state index in [9.17, 15) is 0 Å². The van der Waals surface area contributed by atoms with E-state index < -0.39 is 10.8 Å². The van der Waals surface area contributed by atoms with E-state index >= 15 is 0 Å². The maximum atomic E-state index is 2.63. The fourth-order valence-electron chi connectivity index (χ4n) is 19.1. The van der Waals surface area contributed by atoms with Gasteiger partial charge in [0.05, 0.1) is 10.8 Å². The molecule has 0 bridgehead atoms. The smallest absolute Gasteiger partial charge is 0.0643 e. The van der Waals surface area contributed by atoms with Crippen LogP contribution in [0.2, 0.25) is 0 Å². The summed E-state index contributed by atoms with van der Waals surface area (Å²) in [6.07, 6.45) is 0. The Balaban J connectivity index is 1.10. The van der Waals surface area contributed by atoms with Crippen LogP contribution in [0.1, 0.15) is 244 Å². The molecule has 0 N–H and O–H groups in total. The molecule has 2 aliphatic rings. The summed E-state index contributed by atoms with van der Waals surface area (Å²) in [7, 11) is 0. The van der Waals surface area contributed by atoms with Gasteiger partial charge in [0.25, 0.3) is 0 Å². The van der Waals surface area contributed by atoms with Crippen LogP contribution in [0.5, 0.6) is 0 Å². The first kappa shape index (κ1) is 83.9. The number of hydrogen-bond acceptors (Lipinski definition) is 4. The lowest BCUT2D eigenvalue weighted by atomic mass is 9.49. The maximum absolute atomic E-state index is 2.63. The summed E-state index contributed by atoms with van der Waals surface area (Å²) in [6.45, 7) is 55.5. The van der Waals surface area contributed by atoms with E-state index in [0.717, 1.165) is 68.2 Å². The Morgan fingerprint density at radius 1 is 0.148 bits per heavy atom. The lowest BCUT2D eigenvalue weighted by molar-refractivity contribution is 0.437. The van der Waals surface area contributed by atoms with Gasteiger partial charge in [0, 0.05) is 68.2 Å². The zero-order chi connectivity index (χ0) is 86.8. The molecular formula is C118H126N4. The fourth-order valence-corrected chi connectivity index (χ4v) is 19.1. The molecular weight excluding hydrogens is 1470 g/mol. The van der Waals surface area contributed by atoms with Gasteiger partial charge < -0.3 is 19.6 Å². The van der Waals surface area contributed by atoms with Crippen LogP contribution in [-0.2, 0) is 54.1 Å². The maximum Gasteiger partial charge on any atom is 0.0643 e. The molecule has 0 fully saturated rings. The van der Waals surface area contributed by atoms with E-state index in [4.69, 9.17) is 0 Å². The molecule has 0 aromatic heterocycles. The van der Waals surface area contributed by atoms with Gasteiger partial charge in [0.2, 0.25) is 0 Å². The van der Waals surface area contributed by atoms with Crippen molar-refractivity contribution in [1.29, 1.82) is 0 Å². The normalized spacial score (nSPS) is 13.9. The van der Waals surface area contributed by atoms with Crippen molar-refractivity contribution in [1.82, 2.24) is 0 Å². The van der Waals surface area contributed by atoms with Gasteiger partial charge in [-0.05, 0) is 289 Å². The summed E-state index contributed by atoms with van der Waals surface area (Å²) in [4.78, 5) is 10.1. The number of hydrogen-bond donors (Lipinski definition) is 0. The highest BCUT2D eigenvalue weighted by Crippen LogP contribution is 2.72. The van der Waals surface area contributed by atoms with Crippen molar-refractivity contribution in [2.45, 2.75) is 220 Å². The molecule has 0 aliphatic heterocycles. The third-order valence-electron chi connectivity index (χ3n) is 26.2. The summed E-state index contributed by atoms with van der Waals surface area (Å²) < 4.78 is 0. The highest BCUT2D eigenvalue weighted by atomic mass is 15.2. The van der Waals surface area contributed by atoms with Crippen LogP contribution < -0.4 is 19.6 Å². The van der Waals surface area contributed by atoms with Crippen molar-refractivity contribution >= 4 is 68.2 Å². The second kappa shape index (κ2) is 30.7. The Kier molecular flexibility index (Phi) is 21.1. The Morgan fingerprint density at radius 3 is 0.410 bits per heavy atom. The molecule has 0 spiro atoms. The molecule has 4 nitrogen and oxygen atoms in total. The van der Waals surface area contributed by atoms with Crippen LogP contribution in [0.15, 0.2) is 328 Å². The SMILES string of the molecule is CC(C)(C)c1ccc(N(c2ccc(C(C)(C)C)cc2)c2ccc3c(c2)C(c2ccccc2)(C2(c4ccccc4)c4cc(N(c5ccc(C(C)(C)C)cc5)c5ccc(C(C)(C)C)cc5)ccc4-c4ccc(N(c5ccc(C(C)(C)C)cc5)c5ccc(C(C)(C)C)cc5)cc42)c2cc(N(c4ccc(C(C)(C)C)cc4)c4ccc(C(C)(C)C)cc4)ccc2-3)cc1. The minimum absolute atomic E-state index is 0.0680. The highest BCUT2D eigenvalue weighted by Gasteiger charge is 2.65. The Morgan fingerprint density at radius 2 is 0.279 bits per heavy atom. The molecule has 14 aromatic carbocycles. The Labute approximate surface area is 731 Å². The van der Waals surface area contributed by atoms with Crippen molar-refractivity contribution in [2.24, 2.45) is 0 Å². The monoisotopic (exact) mass is 1600 g/mol. The summed E-state index contributed by atoms with van der Waals surface area (Å²) in [5.41, 5.74) is 32.1. The van der Waals surface area contributed by atoms with Crippen LogP contribution in [0.25, 0.3) is 22.3 Å².